The molecule has 0 bridgehead atoms. The highest BCUT2D eigenvalue weighted by Crippen LogP contribution is 2.30. The molecular weight excluding hydrogens is 198 g/mol. The van der Waals surface area contributed by atoms with Gasteiger partial charge in [-0.3, -0.25) is 0 Å². The van der Waals surface area contributed by atoms with Gasteiger partial charge in [-0.05, 0) is 37.7 Å². The van der Waals surface area contributed by atoms with E-state index in [1.807, 2.05) is 19.2 Å². The maximum Gasteiger partial charge on any atom is 0.225 e. The Bertz CT molecular complexity index is 360. The first kappa shape index (κ1) is 11.4. The molecule has 1 fully saturated rings. The smallest absolute Gasteiger partial charge is 0.225 e. The first-order valence-electron chi connectivity index (χ1n) is 6.11. The third-order valence-electron chi connectivity index (χ3n) is 3.41. The predicted octanol–water partition coefficient (Wildman–Crippen LogP) is 2.80. The molecule has 88 valence electrons. The number of aryl methyl sites for hydroxylation is 1. The SMILES string of the molecule is Cc1ccnc(N2CCCC(C)(C)CC2)n1. The number of anilines is 1. The second-order valence-corrected chi connectivity index (χ2v) is 5.50. The van der Waals surface area contributed by atoms with E-state index in [9.17, 15) is 0 Å². The van der Waals surface area contributed by atoms with Crippen LogP contribution in [-0.4, -0.2) is 23.1 Å². The Morgan fingerprint density at radius 1 is 1.25 bits per heavy atom. The highest BCUT2D eigenvalue weighted by molar-refractivity contribution is 5.30. The van der Waals surface area contributed by atoms with Crippen molar-refractivity contribution < 1.29 is 0 Å². The van der Waals surface area contributed by atoms with Gasteiger partial charge in [0.05, 0.1) is 0 Å². The molecular formula is C13H21N3. The van der Waals surface area contributed by atoms with E-state index in [-0.39, 0.29) is 0 Å². The molecule has 0 atom stereocenters. The van der Waals surface area contributed by atoms with E-state index < -0.39 is 0 Å². The highest BCUT2D eigenvalue weighted by Gasteiger charge is 2.23. The fourth-order valence-electron chi connectivity index (χ4n) is 2.21. The van der Waals surface area contributed by atoms with Crippen LogP contribution < -0.4 is 4.90 Å². The Morgan fingerprint density at radius 2 is 2.06 bits per heavy atom. The third-order valence-corrected chi connectivity index (χ3v) is 3.41. The van der Waals surface area contributed by atoms with Crippen molar-refractivity contribution in [2.45, 2.75) is 40.0 Å². The Kier molecular flexibility index (Phi) is 3.13. The minimum Gasteiger partial charge on any atom is -0.341 e. The molecule has 0 amide bonds. The zero-order chi connectivity index (χ0) is 11.6. The number of hydrogen-bond acceptors (Lipinski definition) is 3. The van der Waals surface area contributed by atoms with Crippen molar-refractivity contribution in [1.29, 1.82) is 0 Å². The normalized spacial score (nSPS) is 20.6. The van der Waals surface area contributed by atoms with Gasteiger partial charge in [0.2, 0.25) is 5.95 Å². The Morgan fingerprint density at radius 3 is 2.81 bits per heavy atom. The maximum atomic E-state index is 4.50. The number of hydrogen-bond donors (Lipinski definition) is 0. The minimum atomic E-state index is 0.471. The fraction of sp³-hybridized carbons (Fsp3) is 0.692. The van der Waals surface area contributed by atoms with E-state index in [0.717, 1.165) is 24.7 Å². The summed E-state index contributed by atoms with van der Waals surface area (Å²) in [6, 6.07) is 1.95. The van der Waals surface area contributed by atoms with Crippen molar-refractivity contribution in [2.24, 2.45) is 5.41 Å². The van der Waals surface area contributed by atoms with Gasteiger partial charge in [0.1, 0.15) is 0 Å². The summed E-state index contributed by atoms with van der Waals surface area (Å²) in [7, 11) is 0. The Labute approximate surface area is 97.9 Å². The largest absolute Gasteiger partial charge is 0.341 e. The van der Waals surface area contributed by atoms with Gasteiger partial charge in [0.15, 0.2) is 0 Å². The van der Waals surface area contributed by atoms with Gasteiger partial charge >= 0.3 is 0 Å². The lowest BCUT2D eigenvalue weighted by molar-refractivity contribution is 0.325. The lowest BCUT2D eigenvalue weighted by atomic mass is 9.85. The summed E-state index contributed by atoms with van der Waals surface area (Å²) in [6.45, 7) is 8.90. The molecule has 1 aromatic rings. The topological polar surface area (TPSA) is 29.0 Å². The van der Waals surface area contributed by atoms with Crippen molar-refractivity contribution in [3.63, 3.8) is 0 Å². The van der Waals surface area contributed by atoms with Gasteiger partial charge in [0.25, 0.3) is 0 Å². The van der Waals surface area contributed by atoms with Crippen LogP contribution in [0.3, 0.4) is 0 Å². The summed E-state index contributed by atoms with van der Waals surface area (Å²) < 4.78 is 0. The van der Waals surface area contributed by atoms with Crippen LogP contribution in [-0.2, 0) is 0 Å². The van der Waals surface area contributed by atoms with E-state index in [1.165, 1.54) is 19.3 Å². The molecule has 0 radical (unpaired) electrons. The highest BCUT2D eigenvalue weighted by atomic mass is 15.2. The monoisotopic (exact) mass is 219 g/mol. The van der Waals surface area contributed by atoms with E-state index in [2.05, 4.69) is 28.7 Å². The molecule has 1 aliphatic heterocycles. The molecule has 0 saturated carbocycles. The van der Waals surface area contributed by atoms with Gasteiger partial charge < -0.3 is 4.90 Å². The first-order valence-corrected chi connectivity index (χ1v) is 6.11. The first-order chi connectivity index (χ1) is 7.57. The summed E-state index contributed by atoms with van der Waals surface area (Å²) in [5.41, 5.74) is 1.52. The number of rotatable bonds is 1. The van der Waals surface area contributed by atoms with Gasteiger partial charge in [-0.2, -0.15) is 0 Å². The summed E-state index contributed by atoms with van der Waals surface area (Å²) >= 11 is 0. The van der Waals surface area contributed by atoms with Gasteiger partial charge in [-0.1, -0.05) is 13.8 Å². The molecule has 16 heavy (non-hydrogen) atoms. The molecule has 0 aliphatic carbocycles. The second kappa shape index (κ2) is 4.40. The lowest BCUT2D eigenvalue weighted by Crippen LogP contribution is -2.27. The van der Waals surface area contributed by atoms with Crippen LogP contribution in [0.4, 0.5) is 5.95 Å². The quantitative estimate of drug-likeness (QED) is 0.727. The molecule has 1 aromatic heterocycles. The standard InChI is InChI=1S/C13H21N3/c1-11-5-8-14-12(15-11)16-9-4-6-13(2,3)7-10-16/h5,8H,4,6-7,9-10H2,1-3H3. The van der Waals surface area contributed by atoms with Crippen LogP contribution in [0.25, 0.3) is 0 Å². The average Bonchev–Trinajstić information content (AvgIpc) is 2.39. The van der Waals surface area contributed by atoms with Crippen molar-refractivity contribution in [3.05, 3.63) is 18.0 Å². The predicted molar refractivity (Wildman–Crippen MR) is 66.6 cm³/mol. The van der Waals surface area contributed by atoms with E-state index in [1.54, 1.807) is 0 Å². The van der Waals surface area contributed by atoms with Gasteiger partial charge in [-0.25, -0.2) is 9.97 Å². The summed E-state index contributed by atoms with van der Waals surface area (Å²) in [4.78, 5) is 11.2. The Hall–Kier alpha value is -1.12. The van der Waals surface area contributed by atoms with Crippen LogP contribution in [0, 0.1) is 12.3 Å². The summed E-state index contributed by atoms with van der Waals surface area (Å²) in [6.07, 6.45) is 5.62. The average molecular weight is 219 g/mol. The van der Waals surface area contributed by atoms with E-state index >= 15 is 0 Å². The van der Waals surface area contributed by atoms with Gasteiger partial charge in [0, 0.05) is 25.0 Å². The van der Waals surface area contributed by atoms with Crippen molar-refractivity contribution in [3.8, 4) is 0 Å². The zero-order valence-corrected chi connectivity index (χ0v) is 10.5. The molecule has 0 unspecified atom stereocenters. The van der Waals surface area contributed by atoms with Crippen LogP contribution in [0.15, 0.2) is 12.3 Å². The summed E-state index contributed by atoms with van der Waals surface area (Å²) in [5.74, 6) is 0.901. The van der Waals surface area contributed by atoms with Crippen LogP contribution >= 0.6 is 0 Å². The van der Waals surface area contributed by atoms with Gasteiger partial charge in [-0.15, -0.1) is 0 Å². The molecule has 2 heterocycles. The third kappa shape index (κ3) is 2.71. The van der Waals surface area contributed by atoms with Crippen molar-refractivity contribution >= 4 is 5.95 Å². The molecule has 1 saturated heterocycles. The van der Waals surface area contributed by atoms with E-state index in [4.69, 9.17) is 0 Å². The molecule has 3 heteroatoms. The zero-order valence-electron chi connectivity index (χ0n) is 10.5. The maximum absolute atomic E-state index is 4.50. The van der Waals surface area contributed by atoms with E-state index in [0.29, 0.717) is 5.41 Å². The molecule has 0 spiro atoms. The van der Waals surface area contributed by atoms with Crippen LogP contribution in [0.2, 0.25) is 0 Å². The lowest BCUT2D eigenvalue weighted by Gasteiger charge is -2.23. The molecule has 1 aliphatic rings. The molecule has 0 aromatic carbocycles. The molecule has 2 rings (SSSR count). The van der Waals surface area contributed by atoms with Crippen LogP contribution in [0.5, 0.6) is 0 Å². The minimum absolute atomic E-state index is 0.471. The summed E-state index contributed by atoms with van der Waals surface area (Å²) in [5, 5.41) is 0. The second-order valence-electron chi connectivity index (χ2n) is 5.50. The fourth-order valence-corrected chi connectivity index (χ4v) is 2.21. The number of nitrogens with zero attached hydrogens (tertiary/aromatic N) is 3. The molecule has 3 nitrogen and oxygen atoms in total. The number of aromatic nitrogens is 2. The van der Waals surface area contributed by atoms with Crippen LogP contribution in [0.1, 0.15) is 38.8 Å². The van der Waals surface area contributed by atoms with Crippen molar-refractivity contribution in [2.75, 3.05) is 18.0 Å². The Balaban J connectivity index is 2.11. The van der Waals surface area contributed by atoms with Crippen molar-refractivity contribution in [1.82, 2.24) is 9.97 Å². The molecule has 0 N–H and O–H groups in total.